The zero-order valence-corrected chi connectivity index (χ0v) is 23.7. The molecule has 2 aromatic carbocycles. The Kier molecular flexibility index (Phi) is 10.7. The van der Waals surface area contributed by atoms with Crippen molar-refractivity contribution in [3.8, 4) is 11.1 Å². The van der Waals surface area contributed by atoms with Crippen LogP contribution in [0.15, 0.2) is 48.5 Å². The molecular formula is C28H38Br2N2O2. The minimum absolute atomic E-state index is 0. The smallest absolute Gasteiger partial charge is 0.216 e. The van der Waals surface area contributed by atoms with Gasteiger partial charge in [-0.2, -0.15) is 0 Å². The molecule has 4 rings (SSSR count). The number of hydrogen-bond donors (Lipinski definition) is 0. The minimum atomic E-state index is 0. The molecule has 2 aromatic rings. The maximum Gasteiger partial charge on any atom is 0.216 e. The Morgan fingerprint density at radius 3 is 1.15 bits per heavy atom. The van der Waals surface area contributed by atoms with Crippen LogP contribution >= 0.6 is 0 Å². The highest BCUT2D eigenvalue weighted by atomic mass is 79.9. The Labute approximate surface area is 226 Å². The van der Waals surface area contributed by atoms with Gasteiger partial charge in [0.15, 0.2) is 0 Å². The molecule has 0 aromatic heterocycles. The van der Waals surface area contributed by atoms with E-state index in [-0.39, 0.29) is 45.5 Å². The lowest BCUT2D eigenvalue weighted by atomic mass is 9.99. The van der Waals surface area contributed by atoms with Gasteiger partial charge >= 0.3 is 0 Å². The number of halogens is 2. The second-order valence-electron chi connectivity index (χ2n) is 10.6. The van der Waals surface area contributed by atoms with E-state index in [4.69, 9.17) is 0 Å². The lowest BCUT2D eigenvalue weighted by Crippen LogP contribution is -3.00. The average Bonchev–Trinajstić information content (AvgIpc) is 2.79. The molecule has 2 aliphatic rings. The summed E-state index contributed by atoms with van der Waals surface area (Å²) in [6, 6.07) is 15.9. The molecule has 0 spiro atoms. The van der Waals surface area contributed by atoms with E-state index in [0.717, 1.165) is 57.4 Å². The fourth-order valence-corrected chi connectivity index (χ4v) is 5.44. The normalized spacial score (nSPS) is 18.8. The van der Waals surface area contributed by atoms with E-state index in [1.807, 2.05) is 48.5 Å². The van der Waals surface area contributed by atoms with Crippen molar-refractivity contribution in [2.45, 2.75) is 38.5 Å². The number of ketones is 2. The van der Waals surface area contributed by atoms with E-state index in [1.165, 1.54) is 38.5 Å². The SMILES string of the molecule is C[N+]1(CC(=O)c2ccc(-c3ccc(C(=O)C[N+]4(C)CCCCC4)cc3)cc2)CCCCC1.[Br-].[Br-]. The van der Waals surface area contributed by atoms with Gasteiger partial charge in [0, 0.05) is 11.1 Å². The van der Waals surface area contributed by atoms with E-state index in [1.54, 1.807) is 0 Å². The van der Waals surface area contributed by atoms with E-state index in [9.17, 15) is 9.59 Å². The van der Waals surface area contributed by atoms with E-state index >= 15 is 0 Å². The fourth-order valence-electron chi connectivity index (χ4n) is 5.44. The molecule has 186 valence electrons. The lowest BCUT2D eigenvalue weighted by molar-refractivity contribution is -0.906. The van der Waals surface area contributed by atoms with Crippen LogP contribution in [0.25, 0.3) is 11.1 Å². The van der Waals surface area contributed by atoms with Crippen molar-refractivity contribution in [3.05, 3.63) is 59.7 Å². The third-order valence-electron chi connectivity index (χ3n) is 7.59. The summed E-state index contributed by atoms with van der Waals surface area (Å²) in [7, 11) is 4.42. The first-order chi connectivity index (χ1) is 15.4. The summed E-state index contributed by atoms with van der Waals surface area (Å²) >= 11 is 0. The van der Waals surface area contributed by atoms with E-state index in [2.05, 4.69) is 14.1 Å². The molecule has 0 atom stereocenters. The molecule has 2 fully saturated rings. The second kappa shape index (κ2) is 12.6. The predicted molar refractivity (Wildman–Crippen MR) is 130 cm³/mol. The summed E-state index contributed by atoms with van der Waals surface area (Å²) in [6.45, 7) is 5.60. The first-order valence-corrected chi connectivity index (χ1v) is 12.3. The Balaban J connectivity index is 0.00000204. The zero-order valence-electron chi connectivity index (χ0n) is 20.6. The summed E-state index contributed by atoms with van der Waals surface area (Å²) < 4.78 is 1.74. The number of quaternary nitrogens is 2. The maximum atomic E-state index is 12.8. The van der Waals surface area contributed by atoms with Crippen LogP contribution in [0.3, 0.4) is 0 Å². The summed E-state index contributed by atoms with van der Waals surface area (Å²) in [5.41, 5.74) is 3.75. The number of piperidine rings is 2. The Morgan fingerprint density at radius 2 is 0.853 bits per heavy atom. The van der Waals surface area contributed by atoms with Crippen LogP contribution in [0.1, 0.15) is 59.2 Å². The van der Waals surface area contributed by atoms with Gasteiger partial charge in [-0.25, -0.2) is 0 Å². The highest BCUT2D eigenvalue weighted by Crippen LogP contribution is 2.23. The molecule has 0 amide bonds. The maximum absolute atomic E-state index is 12.8. The van der Waals surface area contributed by atoms with Gasteiger partial charge in [0.1, 0.15) is 13.1 Å². The van der Waals surface area contributed by atoms with Gasteiger partial charge in [-0.1, -0.05) is 48.5 Å². The minimum Gasteiger partial charge on any atom is -1.00 e. The van der Waals surface area contributed by atoms with Gasteiger partial charge in [-0.05, 0) is 49.7 Å². The number of benzene rings is 2. The highest BCUT2D eigenvalue weighted by Gasteiger charge is 2.29. The van der Waals surface area contributed by atoms with Gasteiger partial charge in [0.25, 0.3) is 0 Å². The summed E-state index contributed by atoms with van der Waals surface area (Å²) in [4.78, 5) is 25.6. The van der Waals surface area contributed by atoms with Crippen LogP contribution in [-0.4, -0.2) is 73.9 Å². The van der Waals surface area contributed by atoms with Crippen molar-refractivity contribution in [2.24, 2.45) is 0 Å². The molecule has 0 aliphatic carbocycles. The van der Waals surface area contributed by atoms with Crippen molar-refractivity contribution in [2.75, 3.05) is 53.4 Å². The van der Waals surface area contributed by atoms with Crippen molar-refractivity contribution in [3.63, 3.8) is 0 Å². The van der Waals surface area contributed by atoms with Gasteiger partial charge < -0.3 is 42.9 Å². The average molecular weight is 594 g/mol. The molecule has 4 nitrogen and oxygen atoms in total. The molecule has 0 bridgehead atoms. The lowest BCUT2D eigenvalue weighted by Gasteiger charge is -2.37. The third kappa shape index (κ3) is 7.33. The molecule has 34 heavy (non-hydrogen) atoms. The van der Waals surface area contributed by atoms with Crippen LogP contribution in [0, 0.1) is 0 Å². The van der Waals surface area contributed by atoms with E-state index in [0.29, 0.717) is 13.1 Å². The highest BCUT2D eigenvalue weighted by molar-refractivity contribution is 5.98. The second-order valence-corrected chi connectivity index (χ2v) is 10.6. The fraction of sp³-hybridized carbons (Fsp3) is 0.500. The van der Waals surface area contributed by atoms with Gasteiger partial charge in [0.05, 0.1) is 40.3 Å². The first kappa shape index (κ1) is 28.9. The van der Waals surface area contributed by atoms with Gasteiger partial charge in [-0.15, -0.1) is 0 Å². The van der Waals surface area contributed by atoms with E-state index < -0.39 is 0 Å². The number of likely N-dealkylation sites (N-methyl/N-ethyl adjacent to an activating group) is 2. The largest absolute Gasteiger partial charge is 1.00 e. The topological polar surface area (TPSA) is 34.1 Å². The Hall–Kier alpha value is -1.34. The number of hydrogen-bond acceptors (Lipinski definition) is 2. The van der Waals surface area contributed by atoms with Crippen LogP contribution < -0.4 is 34.0 Å². The zero-order chi connectivity index (χ0) is 22.6. The molecule has 0 radical (unpaired) electrons. The Morgan fingerprint density at radius 1 is 0.559 bits per heavy atom. The van der Waals surface area contributed by atoms with Gasteiger partial charge in [0.2, 0.25) is 11.6 Å². The van der Waals surface area contributed by atoms with Crippen molar-refractivity contribution in [1.82, 2.24) is 0 Å². The van der Waals surface area contributed by atoms with Gasteiger partial charge in [-0.3, -0.25) is 9.59 Å². The number of nitrogens with zero attached hydrogens (tertiary/aromatic N) is 2. The quantitative estimate of drug-likeness (QED) is 0.305. The van der Waals surface area contributed by atoms with Crippen molar-refractivity contribution >= 4 is 11.6 Å². The summed E-state index contributed by atoms with van der Waals surface area (Å²) in [6.07, 6.45) is 7.47. The van der Waals surface area contributed by atoms with Crippen LogP contribution in [0.4, 0.5) is 0 Å². The molecule has 0 N–H and O–H groups in total. The number of carbonyl (C=O) groups excluding carboxylic acids is 2. The summed E-state index contributed by atoms with van der Waals surface area (Å²) in [5, 5.41) is 0. The third-order valence-corrected chi connectivity index (χ3v) is 7.59. The number of Topliss-reactive ketones (excluding diaryl/α,β-unsaturated/α-hetero) is 2. The molecular weight excluding hydrogens is 556 g/mol. The monoisotopic (exact) mass is 592 g/mol. The molecule has 6 heteroatoms. The van der Waals surface area contributed by atoms with Crippen LogP contribution in [-0.2, 0) is 0 Å². The van der Waals surface area contributed by atoms with Crippen molar-refractivity contribution in [1.29, 1.82) is 0 Å². The first-order valence-electron chi connectivity index (χ1n) is 12.3. The molecule has 2 saturated heterocycles. The van der Waals surface area contributed by atoms with Crippen LogP contribution in [0.2, 0.25) is 0 Å². The predicted octanol–water partition coefficient (Wildman–Crippen LogP) is -1.01. The molecule has 0 saturated carbocycles. The molecule has 0 unspecified atom stereocenters. The molecule has 2 aliphatic heterocycles. The molecule has 2 heterocycles. The van der Waals surface area contributed by atoms with Crippen molar-refractivity contribution < 1.29 is 52.5 Å². The standard InChI is InChI=1S/C28H38N2O2.2BrH/c1-29(17-5-3-6-18-29)21-27(31)25-13-9-23(10-14-25)24-11-15-26(16-12-24)28(32)22-30(2)19-7-4-8-20-30;;/h9-16H,3-8,17-22H2,1-2H3;2*1H/q+2;;/p-2. The van der Waals surface area contributed by atoms with Crippen LogP contribution in [0.5, 0.6) is 0 Å². The Bertz CT molecular complexity index is 866. The number of rotatable bonds is 7. The number of likely N-dealkylation sites (tertiary alicyclic amines) is 2. The summed E-state index contributed by atoms with van der Waals surface area (Å²) in [5.74, 6) is 0.465. The number of carbonyl (C=O) groups is 2.